The second kappa shape index (κ2) is 30.6. The zero-order chi connectivity index (χ0) is 49.6. The highest BCUT2D eigenvalue weighted by Gasteiger charge is 2.55. The van der Waals surface area contributed by atoms with E-state index in [2.05, 4.69) is 13.8 Å². The second-order valence-electron chi connectivity index (χ2n) is 23.4. The summed E-state index contributed by atoms with van der Waals surface area (Å²) in [5, 5.41) is 0. The van der Waals surface area contributed by atoms with Crippen molar-refractivity contribution in [1.82, 2.24) is 0 Å². The van der Waals surface area contributed by atoms with Crippen LogP contribution in [0.4, 0.5) is 0 Å². The first-order chi connectivity index (χ1) is 32.3. The van der Waals surface area contributed by atoms with Crippen LogP contribution in [-0.4, -0.2) is 79.2 Å². The molecular formula is C61H112O13. The van der Waals surface area contributed by atoms with Gasteiger partial charge in [0.2, 0.25) is 0 Å². The van der Waals surface area contributed by atoms with Gasteiger partial charge in [0.25, 0.3) is 0 Å². The van der Waals surface area contributed by atoms with E-state index in [1.807, 2.05) is 48.5 Å². The molecule has 434 valence electrons. The SMILES string of the molecule is C.C.C.C.C.C.CCC(C)(C)C(=O)OC1CC2CC(C(=O)OCOC)C1C2.CCC(C)C(=O)OC1CC2CC(C(=O)OC3(C)CCCC3)C1C2.CCC(C)C(=O)OC1CC2CC(C(=O)OC3(CC)CCCC3)C1C2. The average molecular weight is 1050 g/mol. The van der Waals surface area contributed by atoms with E-state index in [0.29, 0.717) is 17.8 Å². The van der Waals surface area contributed by atoms with Gasteiger partial charge in [0.05, 0.1) is 35.0 Å². The highest BCUT2D eigenvalue weighted by molar-refractivity contribution is 5.77. The molecule has 0 aromatic carbocycles. The van der Waals surface area contributed by atoms with Crippen LogP contribution in [0.5, 0.6) is 0 Å². The molecule has 8 saturated carbocycles. The quantitative estimate of drug-likeness (QED) is 0.0767. The highest BCUT2D eigenvalue weighted by atomic mass is 16.7. The Balaban J connectivity index is 0.00000104. The minimum atomic E-state index is -0.464. The number of methoxy groups -OCH3 is 1. The Hall–Kier alpha value is -3.22. The summed E-state index contributed by atoms with van der Waals surface area (Å²) in [5.41, 5.74) is -0.947. The average Bonchev–Trinajstić information content (AvgIpc) is 4.20. The Morgan fingerprint density at radius 1 is 0.527 bits per heavy atom. The lowest BCUT2D eigenvalue weighted by atomic mass is 9.86. The number of carbonyl (C=O) groups is 6. The molecule has 0 aromatic rings. The van der Waals surface area contributed by atoms with Crippen molar-refractivity contribution in [3.05, 3.63) is 0 Å². The van der Waals surface area contributed by atoms with Crippen LogP contribution in [0.1, 0.15) is 242 Å². The van der Waals surface area contributed by atoms with Gasteiger partial charge in [-0.1, -0.05) is 86.1 Å². The van der Waals surface area contributed by atoms with Gasteiger partial charge in [0.1, 0.15) is 29.5 Å². The van der Waals surface area contributed by atoms with Crippen LogP contribution in [0.15, 0.2) is 0 Å². The van der Waals surface area contributed by atoms with Crippen molar-refractivity contribution < 1.29 is 61.9 Å². The summed E-state index contributed by atoms with van der Waals surface area (Å²) in [4.78, 5) is 73.9. The van der Waals surface area contributed by atoms with Crippen LogP contribution in [0, 0.1) is 70.5 Å². The lowest BCUT2D eigenvalue weighted by Gasteiger charge is -2.33. The number of ether oxygens (including phenoxy) is 7. The van der Waals surface area contributed by atoms with Crippen molar-refractivity contribution in [2.75, 3.05) is 13.9 Å². The Morgan fingerprint density at radius 2 is 0.905 bits per heavy atom. The molecule has 0 amide bonds. The van der Waals surface area contributed by atoms with Crippen molar-refractivity contribution in [1.29, 1.82) is 0 Å². The van der Waals surface area contributed by atoms with Crippen molar-refractivity contribution in [3.63, 3.8) is 0 Å². The van der Waals surface area contributed by atoms with Crippen LogP contribution in [0.2, 0.25) is 0 Å². The molecule has 8 fully saturated rings. The standard InChI is InChI=1S/C20H32O4.C19H30O4.C16H26O5.6CH4/c1-4-13(3)18(21)23-17-12-14-10-15(17)16(11-14)19(22)24-20(5-2)8-6-7-9-20;1-4-12(2)17(20)22-16-11-13-9-14(16)15(10-13)18(21)23-19(3)7-5-6-8-19;1-5-16(2,3)15(18)21-13-8-10-6-11(13)12(7-10)14(17)20-9-19-4;;;;;;/h13-17H,4-12H2,1-3H3;12-16H,4-11H2,1-3H3;10-13H,5-9H2,1-4H3;6*1H4. The molecule has 14 unspecified atom stereocenters. The van der Waals surface area contributed by atoms with Crippen LogP contribution in [-0.2, 0) is 61.9 Å². The molecule has 0 heterocycles. The molecule has 0 aromatic heterocycles. The Kier molecular flexibility index (Phi) is 29.3. The lowest BCUT2D eigenvalue weighted by molar-refractivity contribution is -0.173. The summed E-state index contributed by atoms with van der Waals surface area (Å²) in [6.45, 7) is 17.7. The smallest absolute Gasteiger partial charge is 0.311 e. The molecule has 13 heteroatoms. The number of hydrogen-bond acceptors (Lipinski definition) is 13. The second-order valence-corrected chi connectivity index (χ2v) is 23.4. The number of hydrogen-bond donors (Lipinski definition) is 0. The van der Waals surface area contributed by atoms with Gasteiger partial charge >= 0.3 is 35.8 Å². The molecule has 8 aliphatic rings. The number of esters is 6. The summed E-state index contributed by atoms with van der Waals surface area (Å²) < 4.78 is 38.9. The summed E-state index contributed by atoms with van der Waals surface area (Å²) in [6, 6.07) is 0. The third-order valence-corrected chi connectivity index (χ3v) is 18.2. The third-order valence-electron chi connectivity index (χ3n) is 18.2. The van der Waals surface area contributed by atoms with E-state index >= 15 is 0 Å². The van der Waals surface area contributed by atoms with Gasteiger partial charge in [-0.2, -0.15) is 0 Å². The van der Waals surface area contributed by atoms with Crippen molar-refractivity contribution in [2.24, 2.45) is 70.5 Å². The molecular weight excluding hydrogens is 941 g/mol. The molecule has 0 N–H and O–H groups in total. The fourth-order valence-electron chi connectivity index (χ4n) is 13.0. The first kappa shape index (κ1) is 70.8. The third kappa shape index (κ3) is 16.9. The minimum Gasteiger partial charge on any atom is -0.462 e. The molecule has 0 aliphatic heterocycles. The highest BCUT2D eigenvalue weighted by Crippen LogP contribution is 2.53. The predicted molar refractivity (Wildman–Crippen MR) is 294 cm³/mol. The number of rotatable bonds is 17. The van der Waals surface area contributed by atoms with E-state index in [0.717, 1.165) is 135 Å². The zero-order valence-corrected chi connectivity index (χ0v) is 43.4. The van der Waals surface area contributed by atoms with E-state index in [4.69, 9.17) is 33.2 Å². The maximum atomic E-state index is 12.8. The fraction of sp³-hybridized carbons (Fsp3) is 0.902. The first-order valence-corrected chi connectivity index (χ1v) is 27.0. The Morgan fingerprint density at radius 3 is 1.27 bits per heavy atom. The van der Waals surface area contributed by atoms with Crippen LogP contribution in [0.25, 0.3) is 0 Å². The molecule has 6 bridgehead atoms. The summed E-state index contributed by atoms with van der Waals surface area (Å²) >= 11 is 0. The lowest BCUT2D eigenvalue weighted by Crippen LogP contribution is -2.39. The molecule has 0 radical (unpaired) electrons. The van der Waals surface area contributed by atoms with Gasteiger partial charge in [0, 0.05) is 24.9 Å². The fourth-order valence-corrected chi connectivity index (χ4v) is 13.0. The molecule has 8 rings (SSSR count). The van der Waals surface area contributed by atoms with Gasteiger partial charge in [-0.3, -0.25) is 28.8 Å². The Bertz CT molecular complexity index is 1750. The summed E-state index contributed by atoms with van der Waals surface area (Å²) in [6.07, 6.45) is 19.9. The molecule has 14 atom stereocenters. The van der Waals surface area contributed by atoms with Crippen molar-refractivity contribution >= 4 is 35.8 Å². The van der Waals surface area contributed by atoms with E-state index < -0.39 is 5.41 Å². The van der Waals surface area contributed by atoms with Gasteiger partial charge in [0.15, 0.2) is 6.79 Å². The molecule has 13 nitrogen and oxygen atoms in total. The molecule has 0 spiro atoms. The van der Waals surface area contributed by atoms with E-state index in [-0.39, 0.29) is 164 Å². The monoisotopic (exact) mass is 1050 g/mol. The zero-order valence-electron chi connectivity index (χ0n) is 43.4. The van der Waals surface area contributed by atoms with Gasteiger partial charge in [-0.15, -0.1) is 0 Å². The van der Waals surface area contributed by atoms with Gasteiger partial charge < -0.3 is 33.2 Å². The topological polar surface area (TPSA) is 167 Å². The van der Waals surface area contributed by atoms with Gasteiger partial charge in [-0.25, -0.2) is 0 Å². The Labute approximate surface area is 451 Å². The molecule has 74 heavy (non-hydrogen) atoms. The maximum Gasteiger partial charge on any atom is 0.311 e. The molecule has 8 aliphatic carbocycles. The maximum absolute atomic E-state index is 12.8. The summed E-state index contributed by atoms with van der Waals surface area (Å²) in [5.74, 6) is 0.867. The van der Waals surface area contributed by atoms with Crippen LogP contribution < -0.4 is 0 Å². The number of fused-ring (bicyclic) bond motifs is 6. The van der Waals surface area contributed by atoms with Crippen molar-refractivity contribution in [2.45, 2.75) is 271 Å². The summed E-state index contributed by atoms with van der Waals surface area (Å²) in [7, 11) is 1.49. The first-order valence-electron chi connectivity index (χ1n) is 27.0. The van der Waals surface area contributed by atoms with Gasteiger partial charge in [-0.05, 0) is 173 Å². The predicted octanol–water partition coefficient (Wildman–Crippen LogP) is 14.5. The molecule has 0 saturated heterocycles. The number of carbonyl (C=O) groups excluding carboxylic acids is 6. The van der Waals surface area contributed by atoms with E-state index in [9.17, 15) is 28.8 Å². The van der Waals surface area contributed by atoms with E-state index in [1.165, 1.54) is 7.11 Å². The van der Waals surface area contributed by atoms with Crippen LogP contribution >= 0.6 is 0 Å². The van der Waals surface area contributed by atoms with Crippen LogP contribution in [0.3, 0.4) is 0 Å². The largest absolute Gasteiger partial charge is 0.462 e. The van der Waals surface area contributed by atoms with Crippen molar-refractivity contribution in [3.8, 4) is 0 Å². The van der Waals surface area contributed by atoms with E-state index in [1.54, 1.807) is 0 Å². The minimum absolute atomic E-state index is 0. The normalized spacial score (nSPS) is 31.4.